The van der Waals surface area contributed by atoms with Crippen molar-refractivity contribution in [1.82, 2.24) is 0 Å². The number of carboxylic acids is 1. The first kappa shape index (κ1) is 14.3. The molecule has 0 aliphatic heterocycles. The zero-order valence-electron chi connectivity index (χ0n) is 10.7. The van der Waals surface area contributed by atoms with Crippen LogP contribution < -0.4 is 0 Å². The first-order chi connectivity index (χ1) is 9.86. The Balaban J connectivity index is 2.54. The van der Waals surface area contributed by atoms with E-state index in [1.54, 1.807) is 0 Å². The van der Waals surface area contributed by atoms with Crippen LogP contribution in [0.1, 0.15) is 11.1 Å². The van der Waals surface area contributed by atoms with Crippen LogP contribution >= 0.6 is 0 Å². The van der Waals surface area contributed by atoms with Crippen LogP contribution in [-0.4, -0.2) is 31.5 Å². The summed E-state index contributed by atoms with van der Waals surface area (Å²) >= 11 is 0. The lowest BCUT2D eigenvalue weighted by Gasteiger charge is -2.06. The van der Waals surface area contributed by atoms with E-state index in [1.807, 2.05) is 0 Å². The first-order valence-corrected chi connectivity index (χ1v) is 5.87. The molecule has 0 fully saturated rings. The molecule has 108 valence electrons. The molecular formula is C15H12O6. The van der Waals surface area contributed by atoms with Crippen LogP contribution in [0.5, 0.6) is 23.0 Å². The summed E-state index contributed by atoms with van der Waals surface area (Å²) in [7, 11) is 0. The van der Waals surface area contributed by atoms with Crippen LogP contribution in [0.25, 0.3) is 11.6 Å². The molecule has 0 spiro atoms. The molecule has 5 N–H and O–H groups in total. The Morgan fingerprint density at radius 2 is 1.48 bits per heavy atom. The quantitative estimate of drug-likeness (QED) is 0.335. The number of rotatable bonds is 3. The summed E-state index contributed by atoms with van der Waals surface area (Å²) < 4.78 is 0. The summed E-state index contributed by atoms with van der Waals surface area (Å²) in [4.78, 5) is 11.3. The highest BCUT2D eigenvalue weighted by molar-refractivity contribution is 6.20. The van der Waals surface area contributed by atoms with Crippen LogP contribution in [0.4, 0.5) is 0 Å². The lowest BCUT2D eigenvalue weighted by atomic mass is 10.0. The number of phenolic OH excluding ortho intramolecular Hbond substituents is 4. The molecule has 0 radical (unpaired) electrons. The maximum atomic E-state index is 11.3. The van der Waals surface area contributed by atoms with Crippen molar-refractivity contribution in [3.63, 3.8) is 0 Å². The second-order valence-corrected chi connectivity index (χ2v) is 4.35. The molecule has 0 bridgehead atoms. The molecule has 0 saturated heterocycles. The van der Waals surface area contributed by atoms with Gasteiger partial charge in [-0.3, -0.25) is 0 Å². The number of aliphatic carboxylic acids is 1. The van der Waals surface area contributed by atoms with E-state index in [0.29, 0.717) is 5.56 Å². The smallest absolute Gasteiger partial charge is 0.336 e. The fraction of sp³-hybridized carbons (Fsp3) is 0. The molecule has 2 rings (SSSR count). The highest BCUT2D eigenvalue weighted by Crippen LogP contribution is 2.30. The molecule has 0 aliphatic carbocycles. The largest absolute Gasteiger partial charge is 0.508 e. The number of phenols is 4. The van der Waals surface area contributed by atoms with Crippen molar-refractivity contribution in [3.05, 3.63) is 47.5 Å². The van der Waals surface area contributed by atoms with Gasteiger partial charge in [0.15, 0.2) is 11.5 Å². The summed E-state index contributed by atoms with van der Waals surface area (Å²) in [6, 6.07) is 7.30. The van der Waals surface area contributed by atoms with Crippen molar-refractivity contribution in [1.29, 1.82) is 0 Å². The Morgan fingerprint density at radius 3 is 2.00 bits per heavy atom. The molecule has 0 saturated carbocycles. The van der Waals surface area contributed by atoms with Gasteiger partial charge in [-0.1, -0.05) is 6.07 Å². The summed E-state index contributed by atoms with van der Waals surface area (Å²) in [6.45, 7) is 0. The zero-order chi connectivity index (χ0) is 15.6. The standard InChI is InChI=1S/C15H12O6/c16-10-5-9(6-11(17)7-10)12(15(20)21)3-8-1-2-13(18)14(19)4-8/h1-7,16-19H,(H,20,21)/b12-3+. The average molecular weight is 288 g/mol. The fourth-order valence-electron chi connectivity index (χ4n) is 1.82. The molecule has 0 aromatic heterocycles. The average Bonchev–Trinajstić information content (AvgIpc) is 2.38. The summed E-state index contributed by atoms with van der Waals surface area (Å²) in [5, 5.41) is 46.7. The Morgan fingerprint density at radius 1 is 0.857 bits per heavy atom. The van der Waals surface area contributed by atoms with Gasteiger partial charge in [0.1, 0.15) is 11.5 Å². The van der Waals surface area contributed by atoms with Gasteiger partial charge in [-0.25, -0.2) is 4.79 Å². The Labute approximate surface area is 119 Å². The van der Waals surface area contributed by atoms with Gasteiger partial charge in [0.05, 0.1) is 5.57 Å². The maximum Gasteiger partial charge on any atom is 0.336 e. The fourth-order valence-corrected chi connectivity index (χ4v) is 1.82. The molecule has 21 heavy (non-hydrogen) atoms. The molecule has 0 unspecified atom stereocenters. The summed E-state index contributed by atoms with van der Waals surface area (Å²) in [5.41, 5.74) is 0.254. The van der Waals surface area contributed by atoms with E-state index in [1.165, 1.54) is 36.4 Å². The highest BCUT2D eigenvalue weighted by Gasteiger charge is 2.13. The molecule has 2 aromatic rings. The minimum Gasteiger partial charge on any atom is -0.508 e. The topological polar surface area (TPSA) is 118 Å². The molecular weight excluding hydrogens is 276 g/mol. The maximum absolute atomic E-state index is 11.3. The van der Waals surface area contributed by atoms with E-state index in [4.69, 9.17) is 0 Å². The molecule has 0 atom stereocenters. The van der Waals surface area contributed by atoms with Crippen molar-refractivity contribution in [2.45, 2.75) is 0 Å². The predicted molar refractivity (Wildman–Crippen MR) is 75.0 cm³/mol. The van der Waals surface area contributed by atoms with Crippen molar-refractivity contribution in [2.24, 2.45) is 0 Å². The normalized spacial score (nSPS) is 11.3. The second-order valence-electron chi connectivity index (χ2n) is 4.35. The number of aromatic hydroxyl groups is 4. The van der Waals surface area contributed by atoms with Gasteiger partial charge in [0.2, 0.25) is 0 Å². The van der Waals surface area contributed by atoms with Crippen LogP contribution in [0.2, 0.25) is 0 Å². The molecule has 0 aliphatic rings. The Hall–Kier alpha value is -3.15. The van der Waals surface area contributed by atoms with Gasteiger partial charge in [-0.05, 0) is 41.5 Å². The van der Waals surface area contributed by atoms with Crippen molar-refractivity contribution >= 4 is 17.6 Å². The third-order valence-electron chi connectivity index (χ3n) is 2.75. The van der Waals surface area contributed by atoms with Crippen molar-refractivity contribution < 1.29 is 30.3 Å². The first-order valence-electron chi connectivity index (χ1n) is 5.87. The SMILES string of the molecule is O=C(O)/C(=C/c1ccc(O)c(O)c1)c1cc(O)cc(O)c1. The number of hydrogen-bond donors (Lipinski definition) is 5. The van der Waals surface area contributed by atoms with Gasteiger partial charge in [-0.2, -0.15) is 0 Å². The van der Waals surface area contributed by atoms with E-state index in [0.717, 1.165) is 6.07 Å². The van der Waals surface area contributed by atoms with Crippen molar-refractivity contribution in [3.8, 4) is 23.0 Å². The third kappa shape index (κ3) is 3.24. The minimum absolute atomic E-state index is 0.104. The van der Waals surface area contributed by atoms with Gasteiger partial charge in [0.25, 0.3) is 0 Å². The van der Waals surface area contributed by atoms with E-state index in [-0.39, 0.29) is 34.1 Å². The van der Waals surface area contributed by atoms with Crippen LogP contribution in [-0.2, 0) is 4.79 Å². The number of benzene rings is 2. The Kier molecular flexibility index (Phi) is 3.71. The van der Waals surface area contributed by atoms with Gasteiger partial charge < -0.3 is 25.5 Å². The predicted octanol–water partition coefficient (Wildman–Crippen LogP) is 2.13. The number of carbonyl (C=O) groups is 1. The molecule has 6 heteroatoms. The third-order valence-corrected chi connectivity index (χ3v) is 2.75. The lowest BCUT2D eigenvalue weighted by Crippen LogP contribution is -1.99. The molecule has 6 nitrogen and oxygen atoms in total. The molecule has 0 heterocycles. The minimum atomic E-state index is -1.27. The molecule has 2 aromatic carbocycles. The number of carboxylic acid groups (broad SMARTS) is 1. The highest BCUT2D eigenvalue weighted by atomic mass is 16.4. The monoisotopic (exact) mass is 288 g/mol. The zero-order valence-corrected chi connectivity index (χ0v) is 10.7. The van der Waals surface area contributed by atoms with Gasteiger partial charge in [0, 0.05) is 6.07 Å². The van der Waals surface area contributed by atoms with Gasteiger partial charge in [-0.15, -0.1) is 0 Å². The van der Waals surface area contributed by atoms with Crippen LogP contribution in [0, 0.1) is 0 Å². The van der Waals surface area contributed by atoms with E-state index >= 15 is 0 Å². The summed E-state index contributed by atoms with van der Waals surface area (Å²) in [5.74, 6) is -2.52. The Bertz CT molecular complexity index is 713. The van der Waals surface area contributed by atoms with Crippen molar-refractivity contribution in [2.75, 3.05) is 0 Å². The van der Waals surface area contributed by atoms with Crippen LogP contribution in [0.3, 0.4) is 0 Å². The number of hydrogen-bond acceptors (Lipinski definition) is 5. The summed E-state index contributed by atoms with van der Waals surface area (Å²) in [6.07, 6.45) is 1.25. The molecule has 0 amide bonds. The second kappa shape index (κ2) is 5.46. The van der Waals surface area contributed by atoms with E-state index < -0.39 is 5.97 Å². The van der Waals surface area contributed by atoms with Crippen LogP contribution in [0.15, 0.2) is 36.4 Å². The van der Waals surface area contributed by atoms with E-state index in [9.17, 15) is 30.3 Å². The van der Waals surface area contributed by atoms with E-state index in [2.05, 4.69) is 0 Å². The lowest BCUT2D eigenvalue weighted by molar-refractivity contribution is -0.130. The van der Waals surface area contributed by atoms with Gasteiger partial charge >= 0.3 is 5.97 Å².